The smallest absolute Gasteiger partial charge is 0.315 e. The number of rotatable bonds is 23. The minimum atomic E-state index is -0.310. The van der Waals surface area contributed by atoms with E-state index in [4.69, 9.17) is 23.7 Å². The van der Waals surface area contributed by atoms with Crippen LogP contribution in [0.1, 0.15) is 25.7 Å². The van der Waals surface area contributed by atoms with Crippen molar-refractivity contribution in [2.24, 2.45) is 0 Å². The fourth-order valence-corrected chi connectivity index (χ4v) is 5.96. The van der Waals surface area contributed by atoms with Crippen LogP contribution in [0.15, 0.2) is 12.2 Å². The summed E-state index contributed by atoms with van der Waals surface area (Å²) < 4.78 is 27.1. The Hall–Kier alpha value is -2.23. The van der Waals surface area contributed by atoms with Crippen molar-refractivity contribution in [3.05, 3.63) is 12.2 Å². The fourth-order valence-electron chi connectivity index (χ4n) is 4.41. The van der Waals surface area contributed by atoms with Crippen LogP contribution >= 0.6 is 11.8 Å². The molecule has 0 aromatic rings. The Morgan fingerprint density at radius 3 is 2.02 bits per heavy atom. The molecule has 13 nitrogen and oxygen atoms in total. The SMILES string of the molecule is O=C(CCCC[C@@H]1SC[C@@H]2NC(=O)N[C@@H]21)NCCOCCOCCOCCOCCOCCN1C(=O)C=CC1=O. The number of fused-ring (bicyclic) bond motifs is 1. The lowest BCUT2D eigenvalue weighted by molar-refractivity contribution is -0.137. The predicted octanol–water partition coefficient (Wildman–Crippen LogP) is -0.164. The van der Waals surface area contributed by atoms with Gasteiger partial charge in [0, 0.05) is 36.1 Å². The lowest BCUT2D eigenvalue weighted by atomic mass is 10.0. The van der Waals surface area contributed by atoms with Crippen molar-refractivity contribution >= 4 is 35.5 Å². The average molecular weight is 587 g/mol. The van der Waals surface area contributed by atoms with Gasteiger partial charge in [0.05, 0.1) is 84.7 Å². The summed E-state index contributed by atoms with van der Waals surface area (Å²) in [5.41, 5.74) is 0. The highest BCUT2D eigenvalue weighted by atomic mass is 32.2. The van der Waals surface area contributed by atoms with Gasteiger partial charge in [0.1, 0.15) is 0 Å². The van der Waals surface area contributed by atoms with E-state index in [0.717, 1.165) is 29.9 Å². The molecule has 3 aliphatic rings. The topological polar surface area (TPSA) is 154 Å². The van der Waals surface area contributed by atoms with Crippen LogP contribution < -0.4 is 16.0 Å². The number of carbonyl (C=O) groups excluding carboxylic acids is 4. The number of hydrogen-bond donors (Lipinski definition) is 3. The van der Waals surface area contributed by atoms with Crippen molar-refractivity contribution < 1.29 is 42.9 Å². The monoisotopic (exact) mass is 586 g/mol. The van der Waals surface area contributed by atoms with E-state index in [9.17, 15) is 19.2 Å². The van der Waals surface area contributed by atoms with Gasteiger partial charge in [-0.1, -0.05) is 6.42 Å². The highest BCUT2D eigenvalue weighted by Crippen LogP contribution is 2.33. The second-order valence-electron chi connectivity index (χ2n) is 9.44. The summed E-state index contributed by atoms with van der Waals surface area (Å²) in [6.07, 6.45) is 5.82. The molecule has 226 valence electrons. The Balaban J connectivity index is 0.979. The van der Waals surface area contributed by atoms with Crippen molar-refractivity contribution in [1.29, 1.82) is 0 Å². The van der Waals surface area contributed by atoms with E-state index in [0.29, 0.717) is 77.7 Å². The molecule has 3 atom stereocenters. The van der Waals surface area contributed by atoms with Crippen molar-refractivity contribution in [3.63, 3.8) is 0 Å². The van der Waals surface area contributed by atoms with E-state index in [1.54, 1.807) is 0 Å². The molecule has 0 unspecified atom stereocenters. The minimum Gasteiger partial charge on any atom is -0.377 e. The van der Waals surface area contributed by atoms with Crippen molar-refractivity contribution in [1.82, 2.24) is 20.9 Å². The maximum atomic E-state index is 12.0. The molecule has 3 heterocycles. The van der Waals surface area contributed by atoms with Crippen LogP contribution in [0.25, 0.3) is 0 Å². The molecule has 0 spiro atoms. The Morgan fingerprint density at radius 2 is 1.40 bits per heavy atom. The summed E-state index contributed by atoms with van der Waals surface area (Å²) in [5, 5.41) is 9.24. The maximum Gasteiger partial charge on any atom is 0.315 e. The third-order valence-electron chi connectivity index (χ3n) is 6.50. The number of nitrogens with one attached hydrogen (secondary N) is 3. The molecule has 14 heteroatoms. The number of nitrogens with zero attached hydrogens (tertiary/aromatic N) is 1. The van der Waals surface area contributed by atoms with E-state index >= 15 is 0 Å². The van der Waals surface area contributed by atoms with Gasteiger partial charge < -0.3 is 39.6 Å². The zero-order chi connectivity index (χ0) is 28.4. The number of urea groups is 1. The van der Waals surface area contributed by atoms with Crippen LogP contribution in [0.3, 0.4) is 0 Å². The van der Waals surface area contributed by atoms with Gasteiger partial charge in [-0.15, -0.1) is 0 Å². The second kappa shape index (κ2) is 19.0. The lowest BCUT2D eigenvalue weighted by Crippen LogP contribution is -2.36. The number of amides is 5. The van der Waals surface area contributed by atoms with Gasteiger partial charge in [0.15, 0.2) is 0 Å². The highest BCUT2D eigenvalue weighted by molar-refractivity contribution is 8.00. The van der Waals surface area contributed by atoms with Crippen LogP contribution in [-0.4, -0.2) is 131 Å². The van der Waals surface area contributed by atoms with Gasteiger partial charge in [-0.25, -0.2) is 4.79 Å². The highest BCUT2D eigenvalue weighted by Gasteiger charge is 2.42. The molecule has 3 aliphatic heterocycles. The van der Waals surface area contributed by atoms with Gasteiger partial charge in [-0.05, 0) is 12.8 Å². The molecule has 5 amide bonds. The van der Waals surface area contributed by atoms with E-state index < -0.39 is 0 Å². The largest absolute Gasteiger partial charge is 0.377 e. The van der Waals surface area contributed by atoms with Crippen LogP contribution in [0.2, 0.25) is 0 Å². The van der Waals surface area contributed by atoms with E-state index in [2.05, 4.69) is 16.0 Å². The van der Waals surface area contributed by atoms with Crippen LogP contribution in [-0.2, 0) is 38.1 Å². The quantitative estimate of drug-likeness (QED) is 0.0836. The van der Waals surface area contributed by atoms with Gasteiger partial charge in [0.2, 0.25) is 5.91 Å². The number of thioether (sulfide) groups is 1. The first kappa shape index (κ1) is 32.3. The molecule has 0 aromatic carbocycles. The summed E-state index contributed by atoms with van der Waals surface area (Å²) in [7, 11) is 0. The van der Waals surface area contributed by atoms with Gasteiger partial charge in [-0.3, -0.25) is 19.3 Å². The fraction of sp³-hybridized carbons (Fsp3) is 0.769. The van der Waals surface area contributed by atoms with E-state index in [-0.39, 0.29) is 49.0 Å². The molecular weight excluding hydrogens is 544 g/mol. The first-order valence-corrected chi connectivity index (χ1v) is 15.0. The van der Waals surface area contributed by atoms with E-state index in [1.165, 1.54) is 12.2 Å². The minimum absolute atomic E-state index is 0.0342. The first-order chi connectivity index (χ1) is 19.5. The van der Waals surface area contributed by atoms with E-state index in [1.807, 2.05) is 11.8 Å². The third kappa shape index (κ3) is 12.1. The molecule has 0 aromatic heterocycles. The number of ether oxygens (including phenoxy) is 5. The van der Waals surface area contributed by atoms with Crippen LogP contribution in [0.5, 0.6) is 0 Å². The molecule has 0 aliphatic carbocycles. The predicted molar refractivity (Wildman–Crippen MR) is 147 cm³/mol. The molecule has 2 saturated heterocycles. The summed E-state index contributed by atoms with van der Waals surface area (Å²) in [6, 6.07) is 0.399. The zero-order valence-electron chi connectivity index (χ0n) is 22.9. The number of imide groups is 1. The standard InChI is InChI=1S/C26H42N4O9S/c31-22(4-2-1-3-21-25-20(19-40-21)28-26(34)29-25)27-7-9-35-11-13-37-15-17-39-18-16-38-14-12-36-10-8-30-23(32)5-6-24(30)33/h5-6,20-21,25H,1-4,7-19H2,(H,27,31)(H2,28,29,34)/t20-,21-,25-/m0/s1. The molecule has 0 saturated carbocycles. The Labute approximate surface area is 239 Å². The third-order valence-corrected chi connectivity index (χ3v) is 8.01. The number of unbranched alkanes of at least 4 members (excludes halogenated alkanes) is 1. The van der Waals surface area contributed by atoms with Crippen molar-refractivity contribution in [3.8, 4) is 0 Å². The molecular formula is C26H42N4O9S. The Kier molecular flexibility index (Phi) is 15.3. The van der Waals surface area contributed by atoms with Gasteiger partial charge in [0.25, 0.3) is 11.8 Å². The van der Waals surface area contributed by atoms with Crippen molar-refractivity contribution in [2.75, 3.05) is 84.9 Å². The van der Waals surface area contributed by atoms with Crippen molar-refractivity contribution in [2.45, 2.75) is 43.0 Å². The molecule has 40 heavy (non-hydrogen) atoms. The summed E-state index contributed by atoms with van der Waals surface area (Å²) in [5.74, 6) is 0.371. The maximum absolute atomic E-state index is 12.0. The summed E-state index contributed by atoms with van der Waals surface area (Å²) >= 11 is 1.90. The van der Waals surface area contributed by atoms with Crippen LogP contribution in [0.4, 0.5) is 4.79 Å². The second-order valence-corrected chi connectivity index (χ2v) is 10.7. The van der Waals surface area contributed by atoms with Gasteiger partial charge >= 0.3 is 6.03 Å². The number of carbonyl (C=O) groups is 4. The molecule has 0 radical (unpaired) electrons. The Bertz CT molecular complexity index is 829. The normalized spacial score (nSPS) is 21.6. The summed E-state index contributed by atoms with van der Waals surface area (Å²) in [4.78, 5) is 47.3. The lowest BCUT2D eigenvalue weighted by Gasteiger charge is -2.16. The average Bonchev–Trinajstić information content (AvgIpc) is 3.59. The van der Waals surface area contributed by atoms with Gasteiger partial charge in [-0.2, -0.15) is 11.8 Å². The molecule has 3 N–H and O–H groups in total. The van der Waals surface area contributed by atoms with Crippen LogP contribution in [0, 0.1) is 0 Å². The summed E-state index contributed by atoms with van der Waals surface area (Å²) in [6.45, 7) is 4.88. The zero-order valence-corrected chi connectivity index (χ0v) is 23.8. The molecule has 2 fully saturated rings. The number of hydrogen-bond acceptors (Lipinski definition) is 10. The first-order valence-electron chi connectivity index (χ1n) is 13.9. The molecule has 3 rings (SSSR count). The Morgan fingerprint density at radius 1 is 0.825 bits per heavy atom. The molecule has 0 bridgehead atoms.